The molecule has 0 aromatic rings. The average molecular weight is 202 g/mol. The molecule has 1 saturated carbocycles. The van der Waals surface area contributed by atoms with Crippen LogP contribution in [0.1, 0.15) is 46.0 Å². The van der Waals surface area contributed by atoms with Crippen molar-refractivity contribution in [2.45, 2.75) is 56.5 Å². The third-order valence-corrected chi connectivity index (χ3v) is 4.96. The van der Waals surface area contributed by atoms with Crippen LogP contribution in [0.3, 0.4) is 0 Å². The minimum atomic E-state index is -0.931. The van der Waals surface area contributed by atoms with Gasteiger partial charge in [0.1, 0.15) is 5.78 Å². The molecule has 0 heterocycles. The lowest BCUT2D eigenvalue weighted by molar-refractivity contribution is -0.116. The second kappa shape index (κ2) is 4.89. The van der Waals surface area contributed by atoms with Crippen LogP contribution in [-0.2, 0) is 15.6 Å². The Morgan fingerprint density at radius 2 is 1.85 bits per heavy atom. The minimum Gasteiger partial charge on any atom is -0.299 e. The molecule has 0 bridgehead atoms. The first kappa shape index (κ1) is 10.9. The van der Waals surface area contributed by atoms with Crippen LogP contribution in [0, 0.1) is 0 Å². The Morgan fingerprint density at radius 3 is 2.31 bits per heavy atom. The highest BCUT2D eigenvalue weighted by Crippen LogP contribution is 2.23. The summed E-state index contributed by atoms with van der Waals surface area (Å²) in [6, 6.07) is 0. The summed E-state index contributed by atoms with van der Waals surface area (Å²) in [4.78, 5) is 11.0. The Balaban J connectivity index is 2.50. The zero-order valence-electron chi connectivity index (χ0n) is 8.41. The van der Waals surface area contributed by atoms with Crippen LogP contribution < -0.4 is 0 Å². The molecule has 2 unspecified atom stereocenters. The smallest absolute Gasteiger partial charge is 0.145 e. The molecule has 0 saturated heterocycles. The van der Waals surface area contributed by atoms with Crippen molar-refractivity contribution in [2.75, 3.05) is 0 Å². The molecule has 0 N–H and O–H groups in total. The Kier molecular flexibility index (Phi) is 4.10. The van der Waals surface area contributed by atoms with E-state index in [-0.39, 0.29) is 16.3 Å². The van der Waals surface area contributed by atoms with Crippen molar-refractivity contribution in [3.8, 4) is 0 Å². The average Bonchev–Trinajstić information content (AvgIpc) is 2.17. The van der Waals surface area contributed by atoms with Gasteiger partial charge in [-0.1, -0.05) is 19.3 Å². The molecular weight excluding hydrogens is 184 g/mol. The highest BCUT2D eigenvalue weighted by atomic mass is 32.2. The standard InChI is InChI=1S/C10H18O2S/c1-8(11)9(2)13(12)10-6-4-3-5-7-10/h9-10H,3-7H2,1-2H3. The number of hydrogen-bond acceptors (Lipinski definition) is 2. The number of ketones is 1. The van der Waals surface area contributed by atoms with Gasteiger partial charge in [-0.25, -0.2) is 0 Å². The number of carbonyl (C=O) groups is 1. The van der Waals surface area contributed by atoms with Gasteiger partial charge in [-0.2, -0.15) is 0 Å². The van der Waals surface area contributed by atoms with Gasteiger partial charge in [-0.05, 0) is 26.7 Å². The maximum atomic E-state index is 11.8. The lowest BCUT2D eigenvalue weighted by atomic mass is 10.0. The Hall–Kier alpha value is -0.180. The first-order chi connectivity index (χ1) is 6.13. The molecule has 1 aliphatic carbocycles. The topological polar surface area (TPSA) is 34.1 Å². The third kappa shape index (κ3) is 2.90. The first-order valence-corrected chi connectivity index (χ1v) is 6.30. The molecule has 2 atom stereocenters. The van der Waals surface area contributed by atoms with Crippen molar-refractivity contribution in [2.24, 2.45) is 0 Å². The predicted octanol–water partition coefficient (Wildman–Crippen LogP) is 2.05. The Bertz CT molecular complexity index is 207. The summed E-state index contributed by atoms with van der Waals surface area (Å²) in [6.45, 7) is 3.32. The van der Waals surface area contributed by atoms with Crippen LogP contribution in [-0.4, -0.2) is 20.5 Å². The maximum Gasteiger partial charge on any atom is 0.145 e. The largest absolute Gasteiger partial charge is 0.299 e. The van der Waals surface area contributed by atoms with E-state index in [1.807, 2.05) is 0 Å². The minimum absolute atomic E-state index is 0.0592. The molecule has 1 fully saturated rings. The molecular formula is C10H18O2S. The fourth-order valence-corrected chi connectivity index (χ4v) is 3.45. The van der Waals surface area contributed by atoms with Crippen LogP contribution in [0.5, 0.6) is 0 Å². The fraction of sp³-hybridized carbons (Fsp3) is 0.900. The van der Waals surface area contributed by atoms with Crippen LogP contribution in [0.2, 0.25) is 0 Å². The van der Waals surface area contributed by atoms with Gasteiger partial charge in [0.05, 0.1) is 5.25 Å². The molecule has 13 heavy (non-hydrogen) atoms. The second-order valence-corrected chi connectivity index (χ2v) is 5.87. The number of Topliss-reactive ketones (excluding diaryl/α,β-unsaturated/α-hetero) is 1. The predicted molar refractivity (Wildman–Crippen MR) is 55.2 cm³/mol. The molecule has 76 valence electrons. The number of rotatable bonds is 3. The normalized spacial score (nSPS) is 23.8. The molecule has 0 amide bonds. The zero-order chi connectivity index (χ0) is 9.84. The van der Waals surface area contributed by atoms with E-state index >= 15 is 0 Å². The Morgan fingerprint density at radius 1 is 1.31 bits per heavy atom. The molecule has 2 nitrogen and oxygen atoms in total. The second-order valence-electron chi connectivity index (χ2n) is 3.84. The van der Waals surface area contributed by atoms with Crippen LogP contribution in [0.25, 0.3) is 0 Å². The van der Waals surface area contributed by atoms with E-state index in [2.05, 4.69) is 0 Å². The lowest BCUT2D eigenvalue weighted by Gasteiger charge is -2.23. The monoisotopic (exact) mass is 202 g/mol. The van der Waals surface area contributed by atoms with Crippen molar-refractivity contribution < 1.29 is 9.00 Å². The molecule has 3 heteroatoms. The van der Waals surface area contributed by atoms with Gasteiger partial charge in [0.2, 0.25) is 0 Å². The summed E-state index contributed by atoms with van der Waals surface area (Å²) < 4.78 is 11.8. The lowest BCUT2D eigenvalue weighted by Crippen LogP contribution is -2.30. The summed E-state index contributed by atoms with van der Waals surface area (Å²) in [5.74, 6) is 0.0592. The number of hydrogen-bond donors (Lipinski definition) is 0. The van der Waals surface area contributed by atoms with Crippen molar-refractivity contribution in [3.63, 3.8) is 0 Å². The van der Waals surface area contributed by atoms with Crippen molar-refractivity contribution in [1.29, 1.82) is 0 Å². The maximum absolute atomic E-state index is 11.8. The molecule has 0 radical (unpaired) electrons. The summed E-state index contributed by atoms with van der Waals surface area (Å²) in [5.41, 5.74) is 0. The van der Waals surface area contributed by atoms with Crippen LogP contribution >= 0.6 is 0 Å². The fourth-order valence-electron chi connectivity index (χ4n) is 1.75. The van der Waals surface area contributed by atoms with E-state index in [4.69, 9.17) is 0 Å². The van der Waals surface area contributed by atoms with E-state index in [1.165, 1.54) is 26.2 Å². The van der Waals surface area contributed by atoms with Crippen molar-refractivity contribution in [3.05, 3.63) is 0 Å². The van der Waals surface area contributed by atoms with Crippen LogP contribution in [0.4, 0.5) is 0 Å². The molecule has 0 aliphatic heterocycles. The van der Waals surface area contributed by atoms with E-state index in [0.29, 0.717) is 0 Å². The highest BCUT2D eigenvalue weighted by Gasteiger charge is 2.26. The van der Waals surface area contributed by atoms with E-state index in [9.17, 15) is 9.00 Å². The summed E-state index contributed by atoms with van der Waals surface area (Å²) in [6.07, 6.45) is 5.72. The summed E-state index contributed by atoms with van der Waals surface area (Å²) in [7, 11) is -0.931. The quantitative estimate of drug-likeness (QED) is 0.702. The highest BCUT2D eigenvalue weighted by molar-refractivity contribution is 7.87. The van der Waals surface area contributed by atoms with Crippen molar-refractivity contribution in [1.82, 2.24) is 0 Å². The Labute approximate surface area is 82.6 Å². The third-order valence-electron chi connectivity index (χ3n) is 2.80. The van der Waals surface area contributed by atoms with Gasteiger partial charge in [0.15, 0.2) is 0 Å². The van der Waals surface area contributed by atoms with Gasteiger partial charge in [0.25, 0.3) is 0 Å². The van der Waals surface area contributed by atoms with E-state index < -0.39 is 10.8 Å². The SMILES string of the molecule is CC(=O)C(C)S(=O)C1CCCCC1. The summed E-state index contributed by atoms with van der Waals surface area (Å²) >= 11 is 0. The van der Waals surface area contributed by atoms with Gasteiger partial charge < -0.3 is 0 Å². The zero-order valence-corrected chi connectivity index (χ0v) is 9.23. The summed E-state index contributed by atoms with van der Waals surface area (Å²) in [5, 5.41) is 0.0238. The van der Waals surface area contributed by atoms with Crippen molar-refractivity contribution >= 4 is 16.6 Å². The molecule has 1 rings (SSSR count). The van der Waals surface area contributed by atoms with Gasteiger partial charge >= 0.3 is 0 Å². The van der Waals surface area contributed by atoms with Gasteiger partial charge in [0, 0.05) is 16.0 Å². The van der Waals surface area contributed by atoms with E-state index in [1.54, 1.807) is 6.92 Å². The number of carbonyl (C=O) groups excluding carboxylic acids is 1. The van der Waals surface area contributed by atoms with Crippen LogP contribution in [0.15, 0.2) is 0 Å². The van der Waals surface area contributed by atoms with E-state index in [0.717, 1.165) is 12.8 Å². The molecule has 0 aromatic carbocycles. The first-order valence-electron chi connectivity index (χ1n) is 5.02. The molecule has 1 aliphatic rings. The molecule has 0 aromatic heterocycles. The van der Waals surface area contributed by atoms with Gasteiger partial charge in [-0.15, -0.1) is 0 Å². The van der Waals surface area contributed by atoms with Gasteiger partial charge in [-0.3, -0.25) is 9.00 Å². The molecule has 0 spiro atoms.